The fourth-order valence-corrected chi connectivity index (χ4v) is 5.62. The summed E-state index contributed by atoms with van der Waals surface area (Å²) in [5.41, 5.74) is 10.7. The van der Waals surface area contributed by atoms with Gasteiger partial charge in [-0.15, -0.1) is 0 Å². The number of hydrogen-bond acceptors (Lipinski definition) is 0. The van der Waals surface area contributed by atoms with E-state index in [1.807, 2.05) is 0 Å². The number of benzene rings is 5. The first kappa shape index (κ1) is 18.5. The molecule has 156 valence electrons. The van der Waals surface area contributed by atoms with Crippen molar-refractivity contribution in [1.29, 1.82) is 0 Å². The highest BCUT2D eigenvalue weighted by Crippen LogP contribution is 2.44. The van der Waals surface area contributed by atoms with Gasteiger partial charge in [-0.25, -0.2) is 0 Å². The standard InChI is InChI=1S/C32H23N/c1-3-9-22(10-4-1)24-16-20-31-30(21-24)29-19-18-27-26-14-8-7-11-23(26)15-17-28(27)32(29)33(31)25-12-5-2-6-13-25/h1-17,20-21H,18-19H2. The maximum Gasteiger partial charge on any atom is 0.0576 e. The highest BCUT2D eigenvalue weighted by molar-refractivity contribution is 6.00. The molecule has 1 heteroatoms. The smallest absolute Gasteiger partial charge is 0.0576 e. The third-order valence-corrected chi connectivity index (χ3v) is 7.11. The molecular formula is C32H23N. The van der Waals surface area contributed by atoms with Crippen molar-refractivity contribution >= 4 is 21.7 Å². The van der Waals surface area contributed by atoms with Crippen LogP contribution in [-0.4, -0.2) is 4.57 Å². The topological polar surface area (TPSA) is 4.93 Å². The van der Waals surface area contributed by atoms with Crippen LogP contribution in [0, 0.1) is 0 Å². The summed E-state index contributed by atoms with van der Waals surface area (Å²) in [5.74, 6) is 0. The molecule has 1 nitrogen and oxygen atoms in total. The maximum atomic E-state index is 2.48. The predicted octanol–water partition coefficient (Wildman–Crippen LogP) is 8.22. The van der Waals surface area contributed by atoms with E-state index in [2.05, 4.69) is 120 Å². The molecule has 0 aliphatic heterocycles. The Bertz CT molecular complexity index is 1640. The van der Waals surface area contributed by atoms with Crippen molar-refractivity contribution < 1.29 is 0 Å². The van der Waals surface area contributed by atoms with Gasteiger partial charge in [0, 0.05) is 16.6 Å². The van der Waals surface area contributed by atoms with Gasteiger partial charge in [0.25, 0.3) is 0 Å². The molecule has 0 radical (unpaired) electrons. The van der Waals surface area contributed by atoms with Crippen molar-refractivity contribution in [3.63, 3.8) is 0 Å². The van der Waals surface area contributed by atoms with E-state index in [9.17, 15) is 0 Å². The summed E-state index contributed by atoms with van der Waals surface area (Å²) in [6, 6.07) is 41.9. The maximum absolute atomic E-state index is 2.48. The van der Waals surface area contributed by atoms with Crippen LogP contribution in [0.25, 0.3) is 49.7 Å². The van der Waals surface area contributed by atoms with Gasteiger partial charge in [0.05, 0.1) is 11.2 Å². The van der Waals surface area contributed by atoms with Crippen LogP contribution in [0.15, 0.2) is 115 Å². The third-order valence-electron chi connectivity index (χ3n) is 7.11. The van der Waals surface area contributed by atoms with E-state index >= 15 is 0 Å². The van der Waals surface area contributed by atoms with Crippen LogP contribution in [0.2, 0.25) is 0 Å². The summed E-state index contributed by atoms with van der Waals surface area (Å²) in [4.78, 5) is 0. The summed E-state index contributed by atoms with van der Waals surface area (Å²) in [6.07, 6.45) is 2.14. The van der Waals surface area contributed by atoms with Crippen LogP contribution < -0.4 is 0 Å². The molecule has 7 rings (SSSR count). The first-order valence-electron chi connectivity index (χ1n) is 11.7. The number of hydrogen-bond donors (Lipinski definition) is 0. The number of aromatic nitrogens is 1. The summed E-state index contributed by atoms with van der Waals surface area (Å²) >= 11 is 0. The number of aryl methyl sites for hydroxylation is 2. The molecule has 33 heavy (non-hydrogen) atoms. The van der Waals surface area contributed by atoms with Crippen LogP contribution in [-0.2, 0) is 12.8 Å². The minimum absolute atomic E-state index is 1.06. The normalized spacial score (nSPS) is 12.6. The van der Waals surface area contributed by atoms with E-state index in [1.54, 1.807) is 0 Å². The molecule has 1 aliphatic carbocycles. The lowest BCUT2D eigenvalue weighted by molar-refractivity contribution is 0.943. The first-order valence-corrected chi connectivity index (χ1v) is 11.7. The number of rotatable bonds is 2. The number of fused-ring (bicyclic) bond motifs is 7. The van der Waals surface area contributed by atoms with Gasteiger partial charge in [-0.2, -0.15) is 0 Å². The van der Waals surface area contributed by atoms with Crippen LogP contribution in [0.3, 0.4) is 0 Å². The van der Waals surface area contributed by atoms with Crippen molar-refractivity contribution in [2.24, 2.45) is 0 Å². The van der Waals surface area contributed by atoms with Crippen molar-refractivity contribution in [3.05, 3.63) is 126 Å². The van der Waals surface area contributed by atoms with Gasteiger partial charge in [0.1, 0.15) is 0 Å². The predicted molar refractivity (Wildman–Crippen MR) is 139 cm³/mol. The molecule has 0 bridgehead atoms. The Balaban J connectivity index is 1.57. The van der Waals surface area contributed by atoms with Crippen LogP contribution in [0.4, 0.5) is 0 Å². The Morgan fingerprint density at radius 3 is 2.09 bits per heavy atom. The van der Waals surface area contributed by atoms with Crippen LogP contribution >= 0.6 is 0 Å². The minimum Gasteiger partial charge on any atom is -0.309 e. The highest BCUT2D eigenvalue weighted by Gasteiger charge is 2.26. The average molecular weight is 422 g/mol. The Morgan fingerprint density at radius 2 is 1.24 bits per heavy atom. The quantitative estimate of drug-likeness (QED) is 0.265. The van der Waals surface area contributed by atoms with Gasteiger partial charge < -0.3 is 4.57 Å². The van der Waals surface area contributed by atoms with Gasteiger partial charge in [0.2, 0.25) is 0 Å². The summed E-state index contributed by atoms with van der Waals surface area (Å²) < 4.78 is 2.48. The zero-order chi connectivity index (χ0) is 21.8. The lowest BCUT2D eigenvalue weighted by Crippen LogP contribution is -2.07. The second kappa shape index (κ2) is 7.21. The van der Waals surface area contributed by atoms with Crippen molar-refractivity contribution in [2.45, 2.75) is 12.8 Å². The molecule has 0 atom stereocenters. The van der Waals surface area contributed by atoms with Gasteiger partial charge in [-0.3, -0.25) is 0 Å². The molecule has 0 amide bonds. The molecule has 1 aromatic heterocycles. The summed E-state index contributed by atoms with van der Waals surface area (Å²) in [7, 11) is 0. The summed E-state index contributed by atoms with van der Waals surface area (Å²) in [6.45, 7) is 0. The Labute approximate surface area is 193 Å². The van der Waals surface area contributed by atoms with Crippen molar-refractivity contribution in [3.8, 4) is 28.1 Å². The second-order valence-electron chi connectivity index (χ2n) is 8.91. The largest absolute Gasteiger partial charge is 0.309 e. The van der Waals surface area contributed by atoms with Gasteiger partial charge in [-0.1, -0.05) is 91.0 Å². The zero-order valence-electron chi connectivity index (χ0n) is 18.3. The molecule has 1 aliphatic rings. The van der Waals surface area contributed by atoms with Gasteiger partial charge in [-0.05, 0) is 70.1 Å². The molecule has 0 saturated heterocycles. The Hall–Kier alpha value is -4.10. The minimum atomic E-state index is 1.06. The third kappa shape index (κ3) is 2.79. The molecule has 0 fully saturated rings. The Morgan fingerprint density at radius 1 is 0.515 bits per heavy atom. The molecule has 0 N–H and O–H groups in total. The van der Waals surface area contributed by atoms with Crippen molar-refractivity contribution in [1.82, 2.24) is 4.57 Å². The highest BCUT2D eigenvalue weighted by atomic mass is 15.0. The summed E-state index contributed by atoms with van der Waals surface area (Å²) in [5, 5.41) is 4.08. The number of nitrogens with zero attached hydrogens (tertiary/aromatic N) is 1. The lowest BCUT2D eigenvalue weighted by Gasteiger charge is -2.22. The van der Waals surface area contributed by atoms with E-state index in [0.717, 1.165) is 12.8 Å². The molecule has 0 unspecified atom stereocenters. The lowest BCUT2D eigenvalue weighted by atomic mass is 9.85. The van der Waals surface area contributed by atoms with Gasteiger partial charge in [0.15, 0.2) is 0 Å². The molecule has 6 aromatic rings. The molecule has 0 spiro atoms. The van der Waals surface area contributed by atoms with E-state index < -0.39 is 0 Å². The zero-order valence-corrected chi connectivity index (χ0v) is 18.3. The van der Waals surface area contributed by atoms with Crippen LogP contribution in [0.5, 0.6) is 0 Å². The van der Waals surface area contributed by atoms with E-state index in [0.29, 0.717) is 0 Å². The fourth-order valence-electron chi connectivity index (χ4n) is 5.62. The van der Waals surface area contributed by atoms with E-state index in [-0.39, 0.29) is 0 Å². The van der Waals surface area contributed by atoms with Crippen molar-refractivity contribution in [2.75, 3.05) is 0 Å². The fraction of sp³-hybridized carbons (Fsp3) is 0.0625. The van der Waals surface area contributed by atoms with Crippen LogP contribution in [0.1, 0.15) is 11.1 Å². The van der Waals surface area contributed by atoms with E-state index in [1.165, 1.54) is 60.9 Å². The molecule has 1 heterocycles. The average Bonchev–Trinajstić information content (AvgIpc) is 3.23. The Kier molecular flexibility index (Phi) is 4.04. The first-order chi connectivity index (χ1) is 16.4. The number of para-hydroxylation sites is 1. The second-order valence-corrected chi connectivity index (χ2v) is 8.91. The molecule has 0 saturated carbocycles. The monoisotopic (exact) mass is 421 g/mol. The molecule has 5 aromatic carbocycles. The molecular weight excluding hydrogens is 398 g/mol. The SMILES string of the molecule is c1ccc(-c2ccc3c(c2)c2c(n3-c3ccccc3)-c3ccc4ccccc4c3CC2)cc1. The van der Waals surface area contributed by atoms with E-state index in [4.69, 9.17) is 0 Å². The van der Waals surface area contributed by atoms with Gasteiger partial charge >= 0.3 is 0 Å².